The molecule has 2 unspecified atom stereocenters. The highest BCUT2D eigenvalue weighted by molar-refractivity contribution is 7.80. The molecule has 2 atom stereocenters. The van der Waals surface area contributed by atoms with Gasteiger partial charge in [0.25, 0.3) is 0 Å². The fourth-order valence-electron chi connectivity index (χ4n) is 1.41. The van der Waals surface area contributed by atoms with Gasteiger partial charge in [-0.2, -0.15) is 8.42 Å². The van der Waals surface area contributed by atoms with Crippen LogP contribution in [0.3, 0.4) is 0 Å². The van der Waals surface area contributed by atoms with Gasteiger partial charge in [0.15, 0.2) is 0 Å². The largest absolute Gasteiger partial charge is 0.397 e. The van der Waals surface area contributed by atoms with Crippen molar-refractivity contribution in [3.8, 4) is 0 Å². The van der Waals surface area contributed by atoms with Crippen LogP contribution in [0.1, 0.15) is 52.9 Å². The molecule has 0 bridgehead atoms. The summed E-state index contributed by atoms with van der Waals surface area (Å²) in [6.45, 7) is 5.74. The summed E-state index contributed by atoms with van der Waals surface area (Å²) in [5.74, 6) is 0.142. The first-order valence-electron chi connectivity index (χ1n) is 5.52. The van der Waals surface area contributed by atoms with Crippen molar-refractivity contribution in [3.63, 3.8) is 0 Å². The normalized spacial score (nSPS) is 15.2. The lowest BCUT2D eigenvalue weighted by molar-refractivity contribution is 0.140. The minimum atomic E-state index is -4.30. The van der Waals surface area contributed by atoms with Crippen LogP contribution in [0, 0.1) is 5.92 Å². The molecule has 5 nitrogen and oxygen atoms in total. The molecule has 0 aromatic heterocycles. The quantitative estimate of drug-likeness (QED) is 0.513. The monoisotopic (exact) mass is 255 g/mol. The molecule has 0 aromatic rings. The second-order valence-corrected chi connectivity index (χ2v) is 5.10. The molecule has 0 rings (SSSR count). The standard InChI is InChI=1S/C10H22O4S.H3N/c1-4-5-6-7-8-9(2)10(3)14-15(11,12)13;/h9-10H,4-8H2,1-3H3,(H,11,12,13);1H3. The van der Waals surface area contributed by atoms with Gasteiger partial charge in [-0.3, -0.25) is 4.55 Å². The summed E-state index contributed by atoms with van der Waals surface area (Å²) < 4.78 is 33.9. The predicted molar refractivity (Wildman–Crippen MR) is 65.0 cm³/mol. The van der Waals surface area contributed by atoms with Crippen molar-refractivity contribution in [2.75, 3.05) is 0 Å². The van der Waals surface area contributed by atoms with E-state index in [1.807, 2.05) is 6.92 Å². The molecule has 4 N–H and O–H groups in total. The molecule has 0 radical (unpaired) electrons. The highest BCUT2D eigenvalue weighted by Crippen LogP contribution is 2.17. The summed E-state index contributed by atoms with van der Waals surface area (Å²) in [7, 11) is -4.30. The first-order valence-corrected chi connectivity index (χ1v) is 6.89. The smallest absolute Gasteiger partial charge is 0.344 e. The SMILES string of the molecule is CCCCCCC(C)C(C)OS(=O)(=O)O.N. The molecule has 0 aliphatic heterocycles. The lowest BCUT2D eigenvalue weighted by atomic mass is 9.98. The topological polar surface area (TPSA) is 98.6 Å². The van der Waals surface area contributed by atoms with Crippen LogP contribution in [0.5, 0.6) is 0 Å². The Morgan fingerprint density at radius 1 is 1.19 bits per heavy atom. The van der Waals surface area contributed by atoms with Gasteiger partial charge in [-0.25, -0.2) is 4.18 Å². The maximum absolute atomic E-state index is 10.5. The Kier molecular flexibility index (Phi) is 10.2. The molecule has 0 fully saturated rings. The van der Waals surface area contributed by atoms with Crippen molar-refractivity contribution < 1.29 is 17.2 Å². The Bertz CT molecular complexity index is 254. The average Bonchev–Trinajstić information content (AvgIpc) is 2.09. The van der Waals surface area contributed by atoms with Crippen LogP contribution < -0.4 is 6.15 Å². The van der Waals surface area contributed by atoms with Gasteiger partial charge >= 0.3 is 10.4 Å². The van der Waals surface area contributed by atoms with E-state index in [0.29, 0.717) is 0 Å². The number of hydrogen-bond donors (Lipinski definition) is 2. The zero-order valence-corrected chi connectivity index (χ0v) is 11.3. The fourth-order valence-corrected chi connectivity index (χ4v) is 1.99. The van der Waals surface area contributed by atoms with E-state index in [4.69, 9.17) is 4.55 Å². The van der Waals surface area contributed by atoms with E-state index >= 15 is 0 Å². The molecular formula is C10H25NO4S. The zero-order chi connectivity index (χ0) is 11.9. The highest BCUT2D eigenvalue weighted by atomic mass is 32.3. The molecule has 0 aliphatic carbocycles. The van der Waals surface area contributed by atoms with E-state index in [0.717, 1.165) is 12.8 Å². The van der Waals surface area contributed by atoms with Crippen LogP contribution in [-0.2, 0) is 14.6 Å². The van der Waals surface area contributed by atoms with Crippen LogP contribution >= 0.6 is 0 Å². The summed E-state index contributed by atoms with van der Waals surface area (Å²) in [5.41, 5.74) is 0. The number of hydrogen-bond acceptors (Lipinski definition) is 4. The summed E-state index contributed by atoms with van der Waals surface area (Å²) in [4.78, 5) is 0. The summed E-state index contributed by atoms with van der Waals surface area (Å²) >= 11 is 0. The van der Waals surface area contributed by atoms with Crippen LogP contribution in [0.25, 0.3) is 0 Å². The van der Waals surface area contributed by atoms with Crippen molar-refractivity contribution in [3.05, 3.63) is 0 Å². The molecule has 0 spiro atoms. The van der Waals surface area contributed by atoms with Gasteiger partial charge in [0.1, 0.15) is 0 Å². The maximum Gasteiger partial charge on any atom is 0.397 e. The van der Waals surface area contributed by atoms with E-state index < -0.39 is 16.5 Å². The first-order chi connectivity index (χ1) is 6.87. The van der Waals surface area contributed by atoms with Gasteiger partial charge < -0.3 is 6.15 Å². The predicted octanol–water partition coefficient (Wildman–Crippen LogP) is 2.96. The highest BCUT2D eigenvalue weighted by Gasteiger charge is 2.18. The third kappa shape index (κ3) is 10.4. The van der Waals surface area contributed by atoms with Crippen LogP contribution in [0.15, 0.2) is 0 Å². The lowest BCUT2D eigenvalue weighted by Gasteiger charge is -2.17. The molecule has 0 heterocycles. The zero-order valence-electron chi connectivity index (χ0n) is 10.5. The molecule has 0 saturated carbocycles. The second-order valence-electron chi connectivity index (χ2n) is 4.06. The van der Waals surface area contributed by atoms with Crippen molar-refractivity contribution in [2.45, 2.75) is 59.0 Å². The van der Waals surface area contributed by atoms with Crippen molar-refractivity contribution >= 4 is 10.4 Å². The minimum Gasteiger partial charge on any atom is -0.344 e. The summed E-state index contributed by atoms with van der Waals surface area (Å²) in [5, 5.41) is 0. The molecule has 0 amide bonds. The molecule has 0 aromatic carbocycles. The Morgan fingerprint density at radius 3 is 2.19 bits per heavy atom. The Hall–Kier alpha value is -0.170. The van der Waals surface area contributed by atoms with Crippen molar-refractivity contribution in [1.29, 1.82) is 0 Å². The van der Waals surface area contributed by atoms with Crippen LogP contribution in [-0.4, -0.2) is 19.1 Å². The molecule has 16 heavy (non-hydrogen) atoms. The lowest BCUT2D eigenvalue weighted by Crippen LogP contribution is -2.21. The van der Waals surface area contributed by atoms with Gasteiger partial charge in [-0.15, -0.1) is 0 Å². The Balaban J connectivity index is 0. The fraction of sp³-hybridized carbons (Fsp3) is 1.00. The Labute approximate surface area is 99.1 Å². The third-order valence-electron chi connectivity index (χ3n) is 2.59. The van der Waals surface area contributed by atoms with Crippen LogP contribution in [0.4, 0.5) is 0 Å². The van der Waals surface area contributed by atoms with E-state index in [1.54, 1.807) is 6.92 Å². The average molecular weight is 255 g/mol. The van der Waals surface area contributed by atoms with Crippen LogP contribution in [0.2, 0.25) is 0 Å². The van der Waals surface area contributed by atoms with E-state index in [1.165, 1.54) is 19.3 Å². The molecule has 100 valence electrons. The summed E-state index contributed by atoms with van der Waals surface area (Å²) in [6, 6.07) is 0. The molecule has 0 saturated heterocycles. The van der Waals surface area contributed by atoms with E-state index in [-0.39, 0.29) is 12.1 Å². The van der Waals surface area contributed by atoms with E-state index in [2.05, 4.69) is 11.1 Å². The third-order valence-corrected chi connectivity index (χ3v) is 3.13. The number of unbranched alkanes of at least 4 members (excludes halogenated alkanes) is 3. The first kappa shape index (κ1) is 18.2. The van der Waals surface area contributed by atoms with E-state index in [9.17, 15) is 8.42 Å². The van der Waals surface area contributed by atoms with Crippen molar-refractivity contribution in [1.82, 2.24) is 6.15 Å². The molecule has 6 heteroatoms. The van der Waals surface area contributed by atoms with Crippen molar-refractivity contribution in [2.24, 2.45) is 5.92 Å². The minimum absolute atomic E-state index is 0. The Morgan fingerprint density at radius 2 is 1.75 bits per heavy atom. The van der Waals surface area contributed by atoms with Gasteiger partial charge in [0.2, 0.25) is 0 Å². The van der Waals surface area contributed by atoms with Gasteiger partial charge in [-0.05, 0) is 19.3 Å². The molecular weight excluding hydrogens is 230 g/mol. The van der Waals surface area contributed by atoms with Gasteiger partial charge in [0.05, 0.1) is 6.10 Å². The van der Waals surface area contributed by atoms with Gasteiger partial charge in [0, 0.05) is 0 Å². The summed E-state index contributed by atoms with van der Waals surface area (Å²) in [6.07, 6.45) is 5.11. The molecule has 0 aliphatic rings. The number of rotatable bonds is 8. The maximum atomic E-state index is 10.5. The second kappa shape index (κ2) is 8.92. The van der Waals surface area contributed by atoms with Gasteiger partial charge in [-0.1, -0.05) is 39.5 Å².